The summed E-state index contributed by atoms with van der Waals surface area (Å²) in [4.78, 5) is 32.1. The van der Waals surface area contributed by atoms with E-state index < -0.39 is 5.60 Å². The highest BCUT2D eigenvalue weighted by Crippen LogP contribution is 2.39. The van der Waals surface area contributed by atoms with Gasteiger partial charge in [0.2, 0.25) is 5.91 Å². The molecule has 22 heavy (non-hydrogen) atoms. The third-order valence-electron chi connectivity index (χ3n) is 4.69. The van der Waals surface area contributed by atoms with Gasteiger partial charge in [0.15, 0.2) is 0 Å². The van der Waals surface area contributed by atoms with Gasteiger partial charge in [-0.25, -0.2) is 5.06 Å². The monoisotopic (exact) mass is 300 g/mol. The van der Waals surface area contributed by atoms with Gasteiger partial charge in [0.25, 0.3) is 5.91 Å². The highest BCUT2D eigenvalue weighted by atomic mass is 16.7. The van der Waals surface area contributed by atoms with Crippen molar-refractivity contribution < 1.29 is 14.4 Å². The maximum absolute atomic E-state index is 12.4. The van der Waals surface area contributed by atoms with Gasteiger partial charge >= 0.3 is 0 Å². The average Bonchev–Trinajstić information content (AvgIpc) is 3.20. The van der Waals surface area contributed by atoms with Gasteiger partial charge in [-0.3, -0.25) is 14.4 Å². The smallest absolute Gasteiger partial charge is 0.254 e. The quantitative estimate of drug-likeness (QED) is 0.855. The highest BCUT2D eigenvalue weighted by Gasteiger charge is 2.55. The van der Waals surface area contributed by atoms with Crippen molar-refractivity contribution >= 4 is 11.8 Å². The number of carbonyl (C=O) groups excluding carboxylic acids is 2. The first-order chi connectivity index (χ1) is 10.5. The number of rotatable bonds is 3. The first-order valence-corrected chi connectivity index (χ1v) is 7.90. The maximum atomic E-state index is 12.4. The number of nitrogens with zero attached hydrogens (tertiary/aromatic N) is 2. The normalized spacial score (nSPS) is 23.0. The van der Waals surface area contributed by atoms with Gasteiger partial charge in [0, 0.05) is 5.56 Å². The van der Waals surface area contributed by atoms with Crippen LogP contribution in [-0.2, 0) is 9.63 Å². The predicted octanol–water partition coefficient (Wildman–Crippen LogP) is 1.76. The van der Waals surface area contributed by atoms with Gasteiger partial charge in [-0.1, -0.05) is 17.7 Å². The summed E-state index contributed by atoms with van der Waals surface area (Å²) in [5, 5.41) is 1.53. The number of hydroxylamine groups is 2. The number of hydrogen-bond donors (Lipinski definition) is 0. The Balaban J connectivity index is 1.39. The van der Waals surface area contributed by atoms with Gasteiger partial charge in [-0.05, 0) is 37.8 Å². The molecular weight excluding hydrogens is 280 g/mol. The molecule has 5 nitrogen and oxygen atoms in total. The highest BCUT2D eigenvalue weighted by molar-refractivity contribution is 5.95. The molecule has 1 saturated carbocycles. The van der Waals surface area contributed by atoms with E-state index in [-0.39, 0.29) is 11.8 Å². The van der Waals surface area contributed by atoms with E-state index in [1.54, 1.807) is 4.90 Å². The minimum absolute atomic E-state index is 0.0195. The fourth-order valence-corrected chi connectivity index (χ4v) is 3.28. The van der Waals surface area contributed by atoms with E-state index in [0.717, 1.165) is 5.56 Å². The molecule has 3 aliphatic rings. The molecule has 1 aromatic rings. The largest absolute Gasteiger partial charge is 0.332 e. The molecule has 0 bridgehead atoms. The molecule has 0 radical (unpaired) electrons. The van der Waals surface area contributed by atoms with Crippen LogP contribution in [0.3, 0.4) is 0 Å². The Labute approximate surface area is 129 Å². The molecule has 2 aliphatic heterocycles. The molecule has 1 aromatic carbocycles. The van der Waals surface area contributed by atoms with E-state index in [2.05, 4.69) is 0 Å². The number of amides is 2. The van der Waals surface area contributed by atoms with E-state index in [1.807, 2.05) is 31.2 Å². The fourth-order valence-electron chi connectivity index (χ4n) is 3.28. The zero-order valence-corrected chi connectivity index (χ0v) is 12.7. The molecular formula is C17H20N2O3. The summed E-state index contributed by atoms with van der Waals surface area (Å²) in [7, 11) is 0. The summed E-state index contributed by atoms with van der Waals surface area (Å²) in [6.45, 7) is 3.70. The van der Waals surface area contributed by atoms with E-state index in [1.165, 1.54) is 17.9 Å². The molecule has 0 aromatic heterocycles. The van der Waals surface area contributed by atoms with E-state index in [4.69, 9.17) is 4.84 Å². The first-order valence-electron chi connectivity index (χ1n) is 7.90. The SMILES string of the molecule is Cc1cccc(C(=O)N2CC3(CC(=O)N(CC4CC4)O3)C2)c1. The summed E-state index contributed by atoms with van der Waals surface area (Å²) in [6.07, 6.45) is 2.79. The molecule has 1 aliphatic carbocycles. The molecule has 0 N–H and O–H groups in total. The standard InChI is InChI=1S/C17H20N2O3/c1-12-3-2-4-14(7-12)16(21)18-10-17(11-18)8-15(20)19(22-17)9-13-5-6-13/h2-4,7,13H,5-6,8-11H2,1H3. The lowest BCUT2D eigenvalue weighted by Crippen LogP contribution is -2.63. The van der Waals surface area contributed by atoms with Crippen molar-refractivity contribution in [3.05, 3.63) is 35.4 Å². The van der Waals surface area contributed by atoms with Crippen molar-refractivity contribution in [1.29, 1.82) is 0 Å². The topological polar surface area (TPSA) is 49.9 Å². The molecule has 2 heterocycles. The number of likely N-dealkylation sites (tertiary alicyclic amines) is 1. The van der Waals surface area contributed by atoms with Gasteiger partial charge in [-0.2, -0.15) is 0 Å². The molecule has 0 unspecified atom stereocenters. The summed E-state index contributed by atoms with van der Waals surface area (Å²) in [5.74, 6) is 0.699. The van der Waals surface area contributed by atoms with Crippen LogP contribution in [0.2, 0.25) is 0 Å². The van der Waals surface area contributed by atoms with Crippen LogP contribution in [0, 0.1) is 12.8 Å². The average molecular weight is 300 g/mol. The lowest BCUT2D eigenvalue weighted by Gasteiger charge is -2.45. The number of hydrogen-bond acceptors (Lipinski definition) is 3. The van der Waals surface area contributed by atoms with E-state index in [0.29, 0.717) is 37.5 Å². The van der Waals surface area contributed by atoms with E-state index >= 15 is 0 Å². The number of benzene rings is 1. The van der Waals surface area contributed by atoms with Gasteiger partial charge in [-0.15, -0.1) is 0 Å². The van der Waals surface area contributed by atoms with Crippen LogP contribution >= 0.6 is 0 Å². The Hall–Kier alpha value is -1.88. The maximum Gasteiger partial charge on any atom is 0.254 e. The molecule has 4 rings (SSSR count). The van der Waals surface area contributed by atoms with Crippen molar-refractivity contribution in [1.82, 2.24) is 9.96 Å². The zero-order valence-electron chi connectivity index (χ0n) is 12.7. The van der Waals surface area contributed by atoms with Crippen LogP contribution in [-0.4, -0.2) is 47.0 Å². The van der Waals surface area contributed by atoms with Crippen LogP contribution < -0.4 is 0 Å². The van der Waals surface area contributed by atoms with Crippen LogP contribution in [0.5, 0.6) is 0 Å². The second-order valence-electron chi connectivity index (χ2n) is 6.88. The minimum atomic E-state index is -0.467. The van der Waals surface area contributed by atoms with Crippen LogP contribution in [0.25, 0.3) is 0 Å². The lowest BCUT2D eigenvalue weighted by atomic mass is 9.90. The predicted molar refractivity (Wildman–Crippen MR) is 80.0 cm³/mol. The molecule has 2 saturated heterocycles. The van der Waals surface area contributed by atoms with E-state index in [9.17, 15) is 9.59 Å². The first kappa shape index (κ1) is 13.8. The second-order valence-corrected chi connectivity index (χ2v) is 6.88. The van der Waals surface area contributed by atoms with Crippen LogP contribution in [0.15, 0.2) is 24.3 Å². The molecule has 1 spiro atoms. The number of aryl methyl sites for hydroxylation is 1. The van der Waals surface area contributed by atoms with Crippen molar-refractivity contribution in [2.75, 3.05) is 19.6 Å². The van der Waals surface area contributed by atoms with Crippen LogP contribution in [0.4, 0.5) is 0 Å². The van der Waals surface area contributed by atoms with Gasteiger partial charge < -0.3 is 4.90 Å². The summed E-state index contributed by atoms with van der Waals surface area (Å²) in [5.41, 5.74) is 1.31. The Bertz CT molecular complexity index is 633. The molecule has 3 fully saturated rings. The number of carbonyl (C=O) groups is 2. The third-order valence-corrected chi connectivity index (χ3v) is 4.69. The lowest BCUT2D eigenvalue weighted by molar-refractivity contribution is -0.230. The summed E-state index contributed by atoms with van der Waals surface area (Å²) in [6, 6.07) is 7.60. The van der Waals surface area contributed by atoms with Gasteiger partial charge in [0.05, 0.1) is 26.1 Å². The van der Waals surface area contributed by atoms with Crippen LogP contribution in [0.1, 0.15) is 35.2 Å². The summed E-state index contributed by atoms with van der Waals surface area (Å²) < 4.78 is 0. The zero-order chi connectivity index (χ0) is 15.3. The molecule has 0 atom stereocenters. The van der Waals surface area contributed by atoms with Crippen molar-refractivity contribution in [3.63, 3.8) is 0 Å². The fraction of sp³-hybridized carbons (Fsp3) is 0.529. The third kappa shape index (κ3) is 2.39. The molecule has 116 valence electrons. The Morgan fingerprint density at radius 2 is 2.14 bits per heavy atom. The van der Waals surface area contributed by atoms with Crippen molar-refractivity contribution in [3.8, 4) is 0 Å². The van der Waals surface area contributed by atoms with Gasteiger partial charge in [0.1, 0.15) is 5.60 Å². The summed E-state index contributed by atoms with van der Waals surface area (Å²) >= 11 is 0. The van der Waals surface area contributed by atoms with Crippen molar-refractivity contribution in [2.24, 2.45) is 5.92 Å². The second kappa shape index (κ2) is 4.81. The minimum Gasteiger partial charge on any atom is -0.332 e. The van der Waals surface area contributed by atoms with Crippen molar-refractivity contribution in [2.45, 2.75) is 31.8 Å². The Kier molecular flexibility index (Phi) is 3.01. The Morgan fingerprint density at radius 3 is 2.82 bits per heavy atom. The molecule has 5 heteroatoms. The molecule has 2 amide bonds. The Morgan fingerprint density at radius 1 is 1.36 bits per heavy atom.